The van der Waals surface area contributed by atoms with Crippen molar-refractivity contribution in [1.29, 1.82) is 0 Å². The molecule has 0 radical (unpaired) electrons. The molecular weight excluding hydrogens is 144 g/mol. The predicted molar refractivity (Wildman–Crippen MR) is 57.3 cm³/mol. The molecule has 1 unspecified atom stereocenters. The Bertz CT molecular complexity index is 131. The molecule has 0 N–H and O–H groups in total. The summed E-state index contributed by atoms with van der Waals surface area (Å²) in [5.41, 5.74) is 0.401. The van der Waals surface area contributed by atoms with Gasteiger partial charge in [-0.25, -0.2) is 0 Å². The number of hydrogen-bond donors (Lipinski definition) is 0. The normalized spacial score (nSPS) is 15.4. The minimum atomic E-state index is 0.401. The zero-order chi connectivity index (χ0) is 9.61. The van der Waals surface area contributed by atoms with Crippen LogP contribution in [0.1, 0.15) is 53.9 Å². The third kappa shape index (κ3) is 5.40. The van der Waals surface area contributed by atoms with E-state index < -0.39 is 0 Å². The Hall–Kier alpha value is -0.260. The molecule has 0 aromatic rings. The van der Waals surface area contributed by atoms with Gasteiger partial charge < -0.3 is 0 Å². The van der Waals surface area contributed by atoms with Gasteiger partial charge in [-0.05, 0) is 17.8 Å². The summed E-state index contributed by atoms with van der Waals surface area (Å²) in [6.07, 6.45) is 8.55. The third-order valence-electron chi connectivity index (χ3n) is 2.41. The summed E-state index contributed by atoms with van der Waals surface area (Å²) in [4.78, 5) is 0. The van der Waals surface area contributed by atoms with E-state index in [0.29, 0.717) is 5.41 Å². The first-order valence-corrected chi connectivity index (χ1v) is 5.21. The zero-order valence-corrected chi connectivity index (χ0v) is 9.35. The second kappa shape index (κ2) is 5.40. The topological polar surface area (TPSA) is 0 Å². The molecule has 1 atom stereocenters. The Kier molecular flexibility index (Phi) is 5.28. The van der Waals surface area contributed by atoms with Gasteiger partial charge in [0.25, 0.3) is 0 Å². The molecule has 72 valence electrons. The van der Waals surface area contributed by atoms with Crippen LogP contribution in [-0.4, -0.2) is 0 Å². The van der Waals surface area contributed by atoms with E-state index >= 15 is 0 Å². The first-order chi connectivity index (χ1) is 5.52. The van der Waals surface area contributed by atoms with Gasteiger partial charge in [0.1, 0.15) is 0 Å². The van der Waals surface area contributed by atoms with E-state index in [1.165, 1.54) is 19.3 Å². The molecular formula is C12H24. The molecule has 12 heavy (non-hydrogen) atoms. The minimum Gasteiger partial charge on any atom is -0.0852 e. The smallest absolute Gasteiger partial charge is 0.0175 e. The molecule has 0 aliphatic rings. The SMILES string of the molecule is CCCC(C)(C)C=CC(C)CC. The summed E-state index contributed by atoms with van der Waals surface area (Å²) in [6.45, 7) is 11.4. The van der Waals surface area contributed by atoms with Gasteiger partial charge in [0.15, 0.2) is 0 Å². The molecule has 0 heteroatoms. The summed E-state index contributed by atoms with van der Waals surface area (Å²) in [6, 6.07) is 0. The highest BCUT2D eigenvalue weighted by atomic mass is 14.2. The van der Waals surface area contributed by atoms with Crippen molar-refractivity contribution < 1.29 is 0 Å². The van der Waals surface area contributed by atoms with E-state index in [1.54, 1.807) is 0 Å². The molecule has 0 aromatic carbocycles. The molecule has 0 rings (SSSR count). The standard InChI is InChI=1S/C12H24/c1-6-9-12(4,5)10-8-11(3)7-2/h8,10-11H,6-7,9H2,1-5H3. The maximum absolute atomic E-state index is 2.38. The molecule has 0 aliphatic heterocycles. The lowest BCUT2D eigenvalue weighted by atomic mass is 9.86. The van der Waals surface area contributed by atoms with Crippen molar-refractivity contribution in [1.82, 2.24) is 0 Å². The van der Waals surface area contributed by atoms with E-state index in [2.05, 4.69) is 46.8 Å². The third-order valence-corrected chi connectivity index (χ3v) is 2.41. The predicted octanol–water partition coefficient (Wildman–Crippen LogP) is 4.42. The van der Waals surface area contributed by atoms with Crippen LogP contribution in [0.15, 0.2) is 12.2 Å². The van der Waals surface area contributed by atoms with Gasteiger partial charge in [0, 0.05) is 0 Å². The van der Waals surface area contributed by atoms with Crippen molar-refractivity contribution in [2.24, 2.45) is 11.3 Å². The first kappa shape index (κ1) is 11.7. The molecule has 0 aliphatic carbocycles. The maximum atomic E-state index is 2.38. The second-order valence-corrected chi connectivity index (χ2v) is 4.48. The van der Waals surface area contributed by atoms with E-state index in [1.807, 2.05) is 0 Å². The van der Waals surface area contributed by atoms with Crippen LogP contribution >= 0.6 is 0 Å². The van der Waals surface area contributed by atoms with E-state index in [-0.39, 0.29) is 0 Å². The Morgan fingerprint density at radius 2 is 1.83 bits per heavy atom. The largest absolute Gasteiger partial charge is 0.0852 e. The number of allylic oxidation sites excluding steroid dienone is 2. The van der Waals surface area contributed by atoms with E-state index in [4.69, 9.17) is 0 Å². The van der Waals surface area contributed by atoms with Crippen molar-refractivity contribution in [3.05, 3.63) is 12.2 Å². The van der Waals surface area contributed by atoms with Crippen LogP contribution in [0.25, 0.3) is 0 Å². The summed E-state index contributed by atoms with van der Waals surface area (Å²) in [7, 11) is 0. The molecule has 0 fully saturated rings. The highest BCUT2D eigenvalue weighted by molar-refractivity contribution is 4.96. The van der Waals surface area contributed by atoms with Crippen molar-refractivity contribution in [2.45, 2.75) is 53.9 Å². The molecule has 0 saturated carbocycles. The fourth-order valence-electron chi connectivity index (χ4n) is 1.29. The zero-order valence-electron chi connectivity index (χ0n) is 9.35. The molecule has 0 aromatic heterocycles. The molecule has 0 saturated heterocycles. The van der Waals surface area contributed by atoms with Gasteiger partial charge in [-0.15, -0.1) is 0 Å². The Labute approximate surface area is 78.1 Å². The van der Waals surface area contributed by atoms with Crippen LogP contribution in [0.2, 0.25) is 0 Å². The van der Waals surface area contributed by atoms with Crippen LogP contribution in [0.5, 0.6) is 0 Å². The lowest BCUT2D eigenvalue weighted by Crippen LogP contribution is -2.06. The van der Waals surface area contributed by atoms with Gasteiger partial charge >= 0.3 is 0 Å². The average Bonchev–Trinajstić information content (AvgIpc) is 2.00. The van der Waals surface area contributed by atoms with Crippen molar-refractivity contribution in [2.75, 3.05) is 0 Å². The van der Waals surface area contributed by atoms with Crippen LogP contribution in [0.4, 0.5) is 0 Å². The van der Waals surface area contributed by atoms with Crippen molar-refractivity contribution in [3.63, 3.8) is 0 Å². The lowest BCUT2D eigenvalue weighted by molar-refractivity contribution is 0.428. The molecule has 0 nitrogen and oxygen atoms in total. The van der Waals surface area contributed by atoms with Crippen LogP contribution < -0.4 is 0 Å². The molecule has 0 bridgehead atoms. The van der Waals surface area contributed by atoms with E-state index in [9.17, 15) is 0 Å². The van der Waals surface area contributed by atoms with Crippen LogP contribution in [-0.2, 0) is 0 Å². The Morgan fingerprint density at radius 1 is 1.25 bits per heavy atom. The quantitative estimate of drug-likeness (QED) is 0.533. The maximum Gasteiger partial charge on any atom is -0.0175 e. The number of hydrogen-bond acceptors (Lipinski definition) is 0. The first-order valence-electron chi connectivity index (χ1n) is 5.21. The monoisotopic (exact) mass is 168 g/mol. The fraction of sp³-hybridized carbons (Fsp3) is 0.833. The van der Waals surface area contributed by atoms with Crippen molar-refractivity contribution >= 4 is 0 Å². The Balaban J connectivity index is 3.94. The van der Waals surface area contributed by atoms with Gasteiger partial charge in [-0.2, -0.15) is 0 Å². The van der Waals surface area contributed by atoms with Gasteiger partial charge in [0.05, 0.1) is 0 Å². The van der Waals surface area contributed by atoms with Crippen LogP contribution in [0.3, 0.4) is 0 Å². The second-order valence-electron chi connectivity index (χ2n) is 4.48. The van der Waals surface area contributed by atoms with Gasteiger partial charge in [0.2, 0.25) is 0 Å². The minimum absolute atomic E-state index is 0.401. The molecule has 0 heterocycles. The van der Waals surface area contributed by atoms with Crippen LogP contribution in [0, 0.1) is 11.3 Å². The average molecular weight is 168 g/mol. The summed E-state index contributed by atoms with van der Waals surface area (Å²) < 4.78 is 0. The Morgan fingerprint density at radius 3 is 2.25 bits per heavy atom. The summed E-state index contributed by atoms with van der Waals surface area (Å²) in [5, 5.41) is 0. The fourth-order valence-corrected chi connectivity index (χ4v) is 1.29. The lowest BCUT2D eigenvalue weighted by Gasteiger charge is -2.19. The molecule has 0 spiro atoms. The summed E-state index contributed by atoms with van der Waals surface area (Å²) >= 11 is 0. The molecule has 0 amide bonds. The highest BCUT2D eigenvalue weighted by Gasteiger charge is 2.11. The number of rotatable bonds is 5. The van der Waals surface area contributed by atoms with E-state index in [0.717, 1.165) is 5.92 Å². The van der Waals surface area contributed by atoms with Gasteiger partial charge in [-0.3, -0.25) is 0 Å². The van der Waals surface area contributed by atoms with Crippen molar-refractivity contribution in [3.8, 4) is 0 Å². The highest BCUT2D eigenvalue weighted by Crippen LogP contribution is 2.24. The van der Waals surface area contributed by atoms with Gasteiger partial charge in [-0.1, -0.05) is 59.6 Å². The summed E-state index contributed by atoms with van der Waals surface area (Å²) in [5.74, 6) is 0.737.